The van der Waals surface area contributed by atoms with Gasteiger partial charge in [-0.05, 0) is 0 Å². The predicted molar refractivity (Wildman–Crippen MR) is 50.9 cm³/mol. The van der Waals surface area contributed by atoms with Crippen LogP contribution in [0.1, 0.15) is 20.3 Å². The first-order valence-electron chi connectivity index (χ1n) is 4.25. The van der Waals surface area contributed by atoms with Crippen LogP contribution >= 0.6 is 12.6 Å². The van der Waals surface area contributed by atoms with Crippen molar-refractivity contribution in [3.05, 3.63) is 6.20 Å². The second kappa shape index (κ2) is 4.40. The van der Waals surface area contributed by atoms with Gasteiger partial charge in [0.25, 0.3) is 0 Å². The molecule has 68 valence electrons. The van der Waals surface area contributed by atoms with Crippen LogP contribution in [0.4, 0.5) is 0 Å². The van der Waals surface area contributed by atoms with E-state index in [4.69, 9.17) is 4.74 Å². The van der Waals surface area contributed by atoms with E-state index in [0.717, 1.165) is 30.3 Å². The summed E-state index contributed by atoms with van der Waals surface area (Å²) in [5.41, 5.74) is 0. The normalized spacial score (nSPS) is 13.9. The molecule has 0 aliphatic carbocycles. The van der Waals surface area contributed by atoms with E-state index in [2.05, 4.69) is 17.7 Å². The third kappa shape index (κ3) is 1.75. The molecule has 0 aromatic carbocycles. The van der Waals surface area contributed by atoms with Crippen LogP contribution in [0.3, 0.4) is 0 Å². The quantitative estimate of drug-likeness (QED) is 0.627. The fourth-order valence-corrected chi connectivity index (χ4v) is 1.29. The number of ether oxygens (including phenoxy) is 1. The Morgan fingerprint density at radius 1 is 1.58 bits per heavy atom. The molecule has 3 nitrogen and oxygen atoms in total. The Labute approximate surface area is 78.1 Å². The molecule has 1 aromatic rings. The summed E-state index contributed by atoms with van der Waals surface area (Å²) in [7, 11) is 0. The van der Waals surface area contributed by atoms with E-state index < -0.39 is 0 Å². The van der Waals surface area contributed by atoms with Crippen molar-refractivity contribution >= 4 is 12.6 Å². The van der Waals surface area contributed by atoms with E-state index in [1.807, 2.05) is 18.5 Å². The van der Waals surface area contributed by atoms with Gasteiger partial charge in [-0.15, -0.1) is 12.6 Å². The third-order valence-electron chi connectivity index (χ3n) is 1.53. The first-order valence-corrected chi connectivity index (χ1v) is 4.70. The van der Waals surface area contributed by atoms with Crippen LogP contribution in [0.15, 0.2) is 11.1 Å². The van der Waals surface area contributed by atoms with Gasteiger partial charge in [0.2, 0.25) is 5.88 Å². The van der Waals surface area contributed by atoms with Gasteiger partial charge >= 0.3 is 0 Å². The average molecular weight is 186 g/mol. The number of aromatic nitrogens is 2. The summed E-state index contributed by atoms with van der Waals surface area (Å²) in [6, 6.07) is 0. The Hall–Kier alpha value is -0.640. The molecule has 0 atom stereocenters. The highest BCUT2D eigenvalue weighted by molar-refractivity contribution is 7.80. The van der Waals surface area contributed by atoms with E-state index in [0.29, 0.717) is 0 Å². The second-order valence-electron chi connectivity index (χ2n) is 2.26. The van der Waals surface area contributed by atoms with Crippen molar-refractivity contribution in [3.63, 3.8) is 0 Å². The van der Waals surface area contributed by atoms with Gasteiger partial charge < -0.3 is 4.74 Å². The Morgan fingerprint density at radius 3 is 3.00 bits per heavy atom. The van der Waals surface area contributed by atoms with Gasteiger partial charge in [0.15, 0.2) is 0 Å². The Balaban J connectivity index is 0.000000336. The van der Waals surface area contributed by atoms with Crippen LogP contribution in [-0.4, -0.2) is 16.4 Å². The summed E-state index contributed by atoms with van der Waals surface area (Å²) in [5.74, 6) is 0.814. The minimum atomic E-state index is 0.791. The second-order valence-corrected chi connectivity index (χ2v) is 2.74. The number of hydrogen-bond acceptors (Lipinski definition) is 3. The molecule has 0 fully saturated rings. The SMILES string of the molecule is CC.Sc1cnn2c1OCCC2. The first-order chi connectivity index (χ1) is 5.88. The Bertz CT molecular complexity index is 247. The zero-order valence-electron chi connectivity index (χ0n) is 7.45. The number of hydrogen-bond donors (Lipinski definition) is 1. The molecule has 0 bridgehead atoms. The summed E-state index contributed by atoms with van der Waals surface area (Å²) in [4.78, 5) is 0.833. The van der Waals surface area contributed by atoms with Crippen molar-refractivity contribution in [1.82, 2.24) is 9.78 Å². The molecular weight excluding hydrogens is 172 g/mol. The third-order valence-corrected chi connectivity index (χ3v) is 1.83. The van der Waals surface area contributed by atoms with E-state index >= 15 is 0 Å². The minimum absolute atomic E-state index is 0.791. The highest BCUT2D eigenvalue weighted by Crippen LogP contribution is 2.24. The molecule has 0 unspecified atom stereocenters. The first kappa shape index (κ1) is 9.45. The molecule has 12 heavy (non-hydrogen) atoms. The minimum Gasteiger partial charge on any atom is -0.477 e. The molecule has 0 saturated heterocycles. The van der Waals surface area contributed by atoms with Gasteiger partial charge in [-0.25, -0.2) is 4.68 Å². The lowest BCUT2D eigenvalue weighted by atomic mass is 10.4. The van der Waals surface area contributed by atoms with Crippen molar-refractivity contribution in [1.29, 1.82) is 0 Å². The number of rotatable bonds is 0. The molecule has 1 aliphatic heterocycles. The van der Waals surface area contributed by atoms with Gasteiger partial charge in [0.1, 0.15) is 0 Å². The molecule has 0 radical (unpaired) electrons. The standard InChI is InChI=1S/C6H8N2OS.C2H6/c10-5-4-7-8-2-1-3-9-6(5)8;1-2/h4,10H,1-3H2;1-2H3. The lowest BCUT2D eigenvalue weighted by molar-refractivity contribution is 0.225. The molecular formula is C8H14N2OS. The van der Waals surface area contributed by atoms with Crippen LogP contribution in [0.5, 0.6) is 5.88 Å². The lowest BCUT2D eigenvalue weighted by Gasteiger charge is -2.14. The summed E-state index contributed by atoms with van der Waals surface area (Å²) < 4.78 is 7.16. The smallest absolute Gasteiger partial charge is 0.225 e. The Kier molecular flexibility index (Phi) is 3.47. The molecule has 0 N–H and O–H groups in total. The summed E-state index contributed by atoms with van der Waals surface area (Å²) >= 11 is 4.18. The van der Waals surface area contributed by atoms with Gasteiger partial charge in [-0.2, -0.15) is 5.10 Å². The maximum atomic E-state index is 5.32. The van der Waals surface area contributed by atoms with Crippen LogP contribution in [0, 0.1) is 0 Å². The molecule has 0 spiro atoms. The average Bonchev–Trinajstić information content (AvgIpc) is 2.53. The molecule has 4 heteroatoms. The van der Waals surface area contributed by atoms with Crippen LogP contribution in [0.25, 0.3) is 0 Å². The molecule has 2 rings (SSSR count). The Morgan fingerprint density at radius 2 is 2.33 bits per heavy atom. The van der Waals surface area contributed by atoms with Crippen LogP contribution < -0.4 is 4.74 Å². The van der Waals surface area contributed by atoms with Crippen molar-refractivity contribution in [3.8, 4) is 5.88 Å². The van der Waals surface area contributed by atoms with Crippen molar-refractivity contribution < 1.29 is 4.74 Å². The van der Waals surface area contributed by atoms with Crippen LogP contribution in [-0.2, 0) is 6.54 Å². The fraction of sp³-hybridized carbons (Fsp3) is 0.625. The summed E-state index contributed by atoms with van der Waals surface area (Å²) in [5, 5.41) is 4.07. The fourth-order valence-electron chi connectivity index (χ4n) is 1.06. The van der Waals surface area contributed by atoms with Crippen molar-refractivity contribution in [2.45, 2.75) is 31.7 Å². The van der Waals surface area contributed by atoms with E-state index in [-0.39, 0.29) is 0 Å². The van der Waals surface area contributed by atoms with E-state index in [1.165, 1.54) is 0 Å². The molecule has 0 saturated carbocycles. The summed E-state index contributed by atoms with van der Waals surface area (Å²) in [6.07, 6.45) is 2.76. The number of fused-ring (bicyclic) bond motifs is 1. The molecule has 0 amide bonds. The highest BCUT2D eigenvalue weighted by atomic mass is 32.1. The van der Waals surface area contributed by atoms with Gasteiger partial charge in [-0.1, -0.05) is 13.8 Å². The van der Waals surface area contributed by atoms with Gasteiger partial charge in [0, 0.05) is 13.0 Å². The predicted octanol–water partition coefficient (Wildman–Crippen LogP) is 1.98. The maximum Gasteiger partial charge on any atom is 0.225 e. The maximum absolute atomic E-state index is 5.32. The molecule has 2 heterocycles. The molecule has 1 aromatic heterocycles. The van der Waals surface area contributed by atoms with E-state index in [1.54, 1.807) is 6.20 Å². The highest BCUT2D eigenvalue weighted by Gasteiger charge is 2.12. The lowest BCUT2D eigenvalue weighted by Crippen LogP contribution is -2.14. The molecule has 1 aliphatic rings. The van der Waals surface area contributed by atoms with Crippen LogP contribution in [0.2, 0.25) is 0 Å². The summed E-state index contributed by atoms with van der Waals surface area (Å²) in [6.45, 7) is 5.75. The van der Waals surface area contributed by atoms with Crippen molar-refractivity contribution in [2.75, 3.05) is 6.61 Å². The zero-order chi connectivity index (χ0) is 8.97. The van der Waals surface area contributed by atoms with Crippen molar-refractivity contribution in [2.24, 2.45) is 0 Å². The topological polar surface area (TPSA) is 27.1 Å². The number of thiol groups is 1. The van der Waals surface area contributed by atoms with Gasteiger partial charge in [0.05, 0.1) is 17.7 Å². The number of nitrogens with zero attached hydrogens (tertiary/aromatic N) is 2. The van der Waals surface area contributed by atoms with E-state index in [9.17, 15) is 0 Å². The zero-order valence-corrected chi connectivity index (χ0v) is 8.34. The monoisotopic (exact) mass is 186 g/mol. The largest absolute Gasteiger partial charge is 0.477 e. The van der Waals surface area contributed by atoms with Gasteiger partial charge in [-0.3, -0.25) is 0 Å². The number of aryl methyl sites for hydroxylation is 1.